The fraction of sp³-hybridized carbons (Fsp3) is 0.410. The van der Waals surface area contributed by atoms with E-state index >= 15 is 19.2 Å². The van der Waals surface area contributed by atoms with E-state index in [9.17, 15) is 79.8 Å². The molecule has 2 unspecified atom stereocenters. The van der Waals surface area contributed by atoms with Gasteiger partial charge in [-0.3, -0.25) is 33.6 Å². The Labute approximate surface area is 676 Å². The Morgan fingerprint density at radius 1 is 0.684 bits per heavy atom. The average Bonchev–Trinajstić information content (AvgIpc) is 0.760. The van der Waals surface area contributed by atoms with Crippen molar-refractivity contribution in [2.24, 2.45) is 11.7 Å². The maximum absolute atomic E-state index is 16.2. The third-order valence-electron chi connectivity index (χ3n) is 19.7. The van der Waals surface area contributed by atoms with E-state index in [-0.39, 0.29) is 30.1 Å². The highest BCUT2D eigenvalue weighted by molar-refractivity contribution is 6.32. The number of rotatable bonds is 16. The van der Waals surface area contributed by atoms with Crippen LogP contribution in [0.4, 0.5) is 9.59 Å². The van der Waals surface area contributed by atoms with Crippen LogP contribution in [0.2, 0.25) is 10.0 Å². The molecule has 7 aliphatic heterocycles. The van der Waals surface area contributed by atoms with Crippen LogP contribution in [0.1, 0.15) is 131 Å². The zero-order chi connectivity index (χ0) is 85.1. The number of carboxylic acid groups (broad SMARTS) is 1. The number of primary amides is 1. The van der Waals surface area contributed by atoms with Gasteiger partial charge < -0.3 is 137 Å². The van der Waals surface area contributed by atoms with Crippen molar-refractivity contribution < 1.29 is 137 Å². The van der Waals surface area contributed by atoms with E-state index in [1.54, 1.807) is 65.0 Å². The molecule has 6 aromatic carbocycles. The van der Waals surface area contributed by atoms with Gasteiger partial charge in [0.15, 0.2) is 29.9 Å². The zero-order valence-corrected chi connectivity index (χ0v) is 65.0. The molecule has 7 aliphatic rings. The number of hydrogen-bond acceptors (Lipinski definition) is 27. The van der Waals surface area contributed by atoms with E-state index in [2.05, 4.69) is 42.5 Å². The minimum Gasteiger partial charge on any atom is -0.508 e. The van der Waals surface area contributed by atoms with Gasteiger partial charge in [0.1, 0.15) is 114 Å². The normalized spacial score (nSPS) is 27.0. The summed E-state index contributed by atoms with van der Waals surface area (Å²) < 4.78 is 49.8. The average molecular weight is 1670 g/mol. The molecule has 2 fully saturated rings. The van der Waals surface area contributed by atoms with E-state index in [1.807, 2.05) is 0 Å². The lowest BCUT2D eigenvalue weighted by Crippen LogP contribution is -2.66. The first-order chi connectivity index (χ1) is 55.2. The predicted octanol–water partition coefficient (Wildman–Crippen LogP) is 3.38. The number of amides is 9. The number of alkyl carbamates (subject to hydrolysis) is 2. The third-order valence-corrected chi connectivity index (χ3v) is 20.3. The van der Waals surface area contributed by atoms with Crippen molar-refractivity contribution in [3.8, 4) is 57.1 Å². The number of hydrogen-bond donors (Lipinski definition) is 19. The summed E-state index contributed by atoms with van der Waals surface area (Å²) in [7, 11) is 0. The smallest absolute Gasteiger partial charge is 0.408 e. The van der Waals surface area contributed by atoms with Crippen LogP contribution in [0.5, 0.6) is 46.0 Å². The van der Waals surface area contributed by atoms with Gasteiger partial charge in [0.2, 0.25) is 53.4 Å². The summed E-state index contributed by atoms with van der Waals surface area (Å²) in [6, 6.07) is 6.21. The quantitative estimate of drug-likeness (QED) is 0.0660. The van der Waals surface area contributed by atoms with E-state index < -0.39 is 278 Å². The molecule has 37 nitrogen and oxygen atoms in total. The molecule has 6 aromatic rings. The van der Waals surface area contributed by atoms with Crippen molar-refractivity contribution in [3.05, 3.63) is 153 Å². The molecule has 0 aromatic heterocycles. The van der Waals surface area contributed by atoms with E-state index in [0.29, 0.717) is 5.56 Å². The summed E-state index contributed by atoms with van der Waals surface area (Å²) in [4.78, 5) is 146. The highest BCUT2D eigenvalue weighted by Gasteiger charge is 2.53. The number of aromatic hydroxyl groups is 3. The molecule has 0 aliphatic carbocycles. The number of nitrogens with one attached hydrogen (secondary N) is 8. The van der Waals surface area contributed by atoms with Crippen LogP contribution in [0.25, 0.3) is 11.1 Å². The van der Waals surface area contributed by atoms with Gasteiger partial charge in [0.05, 0.1) is 34.7 Å². The van der Waals surface area contributed by atoms with Crippen LogP contribution in [0, 0.1) is 5.92 Å². The molecular weight excluding hydrogens is 1580 g/mol. The highest BCUT2D eigenvalue weighted by atomic mass is 35.5. The van der Waals surface area contributed by atoms with Gasteiger partial charge in [-0.05, 0) is 129 Å². The number of carboxylic acids is 1. The van der Waals surface area contributed by atoms with Crippen LogP contribution in [-0.4, -0.2) is 202 Å². The first kappa shape index (κ1) is 86.5. The molecule has 2 saturated heterocycles. The summed E-state index contributed by atoms with van der Waals surface area (Å²) in [5, 5.41) is 135. The number of benzene rings is 6. The zero-order valence-electron chi connectivity index (χ0n) is 63.5. The number of aliphatic hydroxyl groups excluding tert-OH is 6. The number of ether oxygens (including phenoxy) is 8. The Hall–Kier alpha value is -11.4. The lowest BCUT2D eigenvalue weighted by molar-refractivity contribution is -0.334. The standard InChI is InChI=1S/C78H87Cl2N9O28/c1-31(2)19-43(83-75(108)110-30-33-11-9-8-10-12-33)67(100)87-58-60(95)35-14-17-47(41(79)21-35)112-49-23-37-24-50(64(49)116-74-65(63(98)62(97)51(29-90)114-74)115-53-28-78(7,66(99)32(3)111-53)89-76(109)117-77(4,5)6)113-48-18-15-36(22-42(48)80)61(96)59-72(105)86-57(73(106)107)40-25-38(91)26-46(93)54(40)39-20-34(13-16-45(39)92)55(69(102)88-59)85-70(103)56(37)84-68(101)44(27-52(81)94)82-71(58)104/h8-18,20-26,31-32,43-44,51,53,55-63,65-66,74,90-93,95-99H,19,27-30H2,1-7H3,(H2,81,94)(H,82,104)(H,83,108)(H,84,101)(H,85,103)(H,86,105)(H,87,100)(H,88,102)(H,89,109)(H,106,107)/t32-,43-,44-,51+,53-,55+,56+,57-,58+,59-,60+,61+,62+,63-,65?,66+,74?,78-/m0/s1. The van der Waals surface area contributed by atoms with Crippen molar-refractivity contribution in [1.29, 1.82) is 0 Å². The molecule has 11 bridgehead atoms. The van der Waals surface area contributed by atoms with Crippen molar-refractivity contribution in [2.75, 3.05) is 6.61 Å². The summed E-state index contributed by atoms with van der Waals surface area (Å²) in [5.41, 5.74) is 0.516. The van der Waals surface area contributed by atoms with E-state index in [4.69, 9.17) is 66.8 Å². The summed E-state index contributed by atoms with van der Waals surface area (Å²) in [6.45, 7) is 9.79. The molecule has 0 saturated carbocycles. The number of carbonyl (C=O) groups excluding carboxylic acids is 9. The lowest BCUT2D eigenvalue weighted by atomic mass is 9.85. The molecule has 20 N–H and O–H groups in total. The van der Waals surface area contributed by atoms with Gasteiger partial charge in [-0.25, -0.2) is 14.4 Å². The highest BCUT2D eigenvalue weighted by Crippen LogP contribution is 2.50. The van der Waals surface area contributed by atoms with Gasteiger partial charge in [0.25, 0.3) is 0 Å². The molecule has 7 heterocycles. The molecule has 39 heteroatoms. The topological polar surface area (TPSA) is 569 Å². The number of aliphatic carboxylic acids is 1. The molecule has 0 radical (unpaired) electrons. The maximum Gasteiger partial charge on any atom is 0.408 e. The Bertz CT molecular complexity index is 4830. The fourth-order valence-corrected chi connectivity index (χ4v) is 14.4. The van der Waals surface area contributed by atoms with Crippen molar-refractivity contribution >= 4 is 82.7 Å². The SMILES string of the molecule is CC(C)C[C@H](NC(=O)OCc1ccccc1)C(=O)N[C@H]1C(=O)N[C@@H](CC(N)=O)C(=O)N[C@H]2C(=O)N[C@H]3C(=O)N[C@H](C(=O)N[C@H](C(=O)O)c4cc(O)cc(O)c4-c4cc3ccc4O)[C@H](O)c3ccc(c(Cl)c3)Oc3cc2cc(c3OC2O[C@H](CO)[C@@H](O)[C@H](O)C2O[C@H]2C[C@](C)(NC(=O)OC(C)(C)C)[C@H](O)[C@H](C)O2)Oc2ccc(cc2Cl)[C@H]1O. The molecule has 18 atom stereocenters. The summed E-state index contributed by atoms with van der Waals surface area (Å²) in [6.07, 6.45) is -22.6. The summed E-state index contributed by atoms with van der Waals surface area (Å²) >= 11 is 14.3. The molecule has 9 amide bonds. The number of phenolic OH excluding ortho intramolecular Hbond substituents is 3. The van der Waals surface area contributed by atoms with Gasteiger partial charge in [-0.1, -0.05) is 85.6 Å². The second-order valence-electron chi connectivity index (χ2n) is 30.2. The first-order valence-electron chi connectivity index (χ1n) is 36.7. The molecule has 0 spiro atoms. The predicted molar refractivity (Wildman–Crippen MR) is 405 cm³/mol. The van der Waals surface area contributed by atoms with Gasteiger partial charge in [-0.2, -0.15) is 0 Å². The Morgan fingerprint density at radius 2 is 1.30 bits per heavy atom. The minimum atomic E-state index is -2.44. The number of nitrogens with two attached hydrogens (primary N) is 1. The van der Waals surface area contributed by atoms with Crippen LogP contribution >= 0.6 is 23.2 Å². The number of halogens is 2. The molecule has 117 heavy (non-hydrogen) atoms. The number of aliphatic hydroxyl groups is 6. The van der Waals surface area contributed by atoms with Gasteiger partial charge in [0, 0.05) is 29.2 Å². The number of fused-ring (bicyclic) bond motifs is 15. The maximum atomic E-state index is 16.2. The molecule has 13 rings (SSSR count). The fourth-order valence-electron chi connectivity index (χ4n) is 13.9. The second-order valence-corrected chi connectivity index (χ2v) is 31.0. The lowest BCUT2D eigenvalue weighted by Gasteiger charge is -2.48. The Balaban J connectivity index is 1.12. The van der Waals surface area contributed by atoms with Crippen LogP contribution in [0.3, 0.4) is 0 Å². The second kappa shape index (κ2) is 35.6. The van der Waals surface area contributed by atoms with Gasteiger partial charge >= 0.3 is 18.2 Å². The molecular formula is C78H87Cl2N9O28. The van der Waals surface area contributed by atoms with Crippen LogP contribution in [-0.2, 0) is 68.6 Å². The summed E-state index contributed by atoms with van der Waals surface area (Å²) in [5.74, 6) is -17.4. The minimum absolute atomic E-state index is 0.119. The Kier molecular flexibility index (Phi) is 26.3. The third kappa shape index (κ3) is 19.9. The van der Waals surface area contributed by atoms with Crippen molar-refractivity contribution in [1.82, 2.24) is 42.5 Å². The first-order valence-corrected chi connectivity index (χ1v) is 37.4. The monoisotopic (exact) mass is 1670 g/mol. The number of carbonyl (C=O) groups is 10. The largest absolute Gasteiger partial charge is 0.508 e. The van der Waals surface area contributed by atoms with Crippen molar-refractivity contribution in [2.45, 2.75) is 189 Å². The van der Waals surface area contributed by atoms with E-state index in [0.717, 1.165) is 78.9 Å². The van der Waals surface area contributed by atoms with E-state index in [1.165, 1.54) is 13.8 Å². The van der Waals surface area contributed by atoms with Gasteiger partial charge in [-0.15, -0.1) is 0 Å². The van der Waals surface area contributed by atoms with Crippen LogP contribution < -0.4 is 62.5 Å². The Morgan fingerprint density at radius 3 is 1.91 bits per heavy atom. The van der Waals surface area contributed by atoms with Crippen molar-refractivity contribution in [3.63, 3.8) is 0 Å². The number of phenols is 3. The van der Waals surface area contributed by atoms with Crippen LogP contribution in [0.15, 0.2) is 109 Å². The molecule has 626 valence electrons.